The molecule has 0 saturated carbocycles. The van der Waals surface area contributed by atoms with E-state index in [1.54, 1.807) is 56.0 Å². The molecule has 7 N–H and O–H groups in total. The lowest BCUT2D eigenvalue weighted by Crippen LogP contribution is -2.61. The van der Waals surface area contributed by atoms with Gasteiger partial charge in [0.2, 0.25) is 35.4 Å². The third-order valence-corrected chi connectivity index (χ3v) is 12.8. The van der Waals surface area contributed by atoms with E-state index in [2.05, 4.69) is 32.1 Å². The first-order valence-corrected chi connectivity index (χ1v) is 24.6. The summed E-state index contributed by atoms with van der Waals surface area (Å²) in [5.41, 5.74) is 3.62. The molecule has 1 aliphatic rings. The van der Waals surface area contributed by atoms with Crippen LogP contribution in [0.25, 0.3) is 0 Å². The Morgan fingerprint density at radius 3 is 1.90 bits per heavy atom. The molecule has 0 spiro atoms. The molecule has 1 heterocycles. The summed E-state index contributed by atoms with van der Waals surface area (Å²) < 4.78 is 0. The maximum Gasteiger partial charge on any atom is 0.306 e. The van der Waals surface area contributed by atoms with E-state index in [1.165, 1.54) is 6.92 Å². The maximum absolute atomic E-state index is 14.0. The van der Waals surface area contributed by atoms with Crippen LogP contribution in [0.4, 0.5) is 5.69 Å². The van der Waals surface area contributed by atoms with Gasteiger partial charge in [0.15, 0.2) is 0 Å². The number of benzene rings is 2. The van der Waals surface area contributed by atoms with E-state index in [-0.39, 0.29) is 55.4 Å². The van der Waals surface area contributed by atoms with Crippen LogP contribution in [-0.4, -0.2) is 120 Å². The van der Waals surface area contributed by atoms with Gasteiger partial charge in [0.1, 0.15) is 18.1 Å². The SMILES string of the molecule is C/C(=C\[C@@H](NC(=O)C(NC(=O)[C@@H](N(C)C)C(C)(C)c1ccccc1)C(C)(C)C)C(C)C)C(=O)NOCc1ccc(NC(=O)[C@H](C)NC(=O)[C@@H](NC(=O)CCCC(=O)N2CCC(C(=O)O)CC2)C(C)C)cc1. The number of anilines is 1. The highest BCUT2D eigenvalue weighted by atomic mass is 16.6. The number of carbonyl (C=O) groups is 8. The number of piperidine rings is 1. The van der Waals surface area contributed by atoms with Gasteiger partial charge in [0.25, 0.3) is 5.91 Å². The first-order chi connectivity index (χ1) is 33.1. The first kappa shape index (κ1) is 59.2. The van der Waals surface area contributed by atoms with Crippen molar-refractivity contribution in [1.82, 2.24) is 36.5 Å². The minimum atomic E-state index is -0.957. The van der Waals surface area contributed by atoms with Crippen LogP contribution in [0.3, 0.4) is 0 Å². The Bertz CT molecular complexity index is 2180. The zero-order valence-electron chi connectivity index (χ0n) is 44.1. The predicted octanol–water partition coefficient (Wildman–Crippen LogP) is 4.84. The Kier molecular flexibility index (Phi) is 22.4. The molecular formula is C53H80N8O10. The minimum absolute atomic E-state index is 0.00191. The molecule has 1 fully saturated rings. The molecular weight excluding hydrogens is 909 g/mol. The fraction of sp³-hybridized carbons (Fsp3) is 0.585. The van der Waals surface area contributed by atoms with E-state index in [0.717, 1.165) is 5.56 Å². The van der Waals surface area contributed by atoms with Gasteiger partial charge >= 0.3 is 5.97 Å². The Morgan fingerprint density at radius 1 is 0.761 bits per heavy atom. The van der Waals surface area contributed by atoms with Gasteiger partial charge in [-0.05, 0) is 87.7 Å². The largest absolute Gasteiger partial charge is 0.481 e. The molecule has 1 unspecified atom stereocenters. The highest BCUT2D eigenvalue weighted by molar-refractivity contribution is 5.98. The van der Waals surface area contributed by atoms with Crippen LogP contribution in [0.1, 0.15) is 119 Å². The summed E-state index contributed by atoms with van der Waals surface area (Å²) in [7, 11) is 3.69. The number of carboxylic acid groups (broad SMARTS) is 1. The van der Waals surface area contributed by atoms with Gasteiger partial charge in [-0.2, -0.15) is 0 Å². The number of aliphatic carboxylic acids is 1. The van der Waals surface area contributed by atoms with Gasteiger partial charge in [-0.1, -0.05) is 111 Å². The fourth-order valence-corrected chi connectivity index (χ4v) is 8.41. The number of nitrogens with zero attached hydrogens (tertiary/aromatic N) is 2. The topological polar surface area (TPSA) is 245 Å². The lowest BCUT2D eigenvalue weighted by molar-refractivity contribution is -0.145. The Morgan fingerprint density at radius 2 is 1.37 bits per heavy atom. The molecule has 0 radical (unpaired) electrons. The Hall–Kier alpha value is -6.14. The molecule has 2 aromatic carbocycles. The average Bonchev–Trinajstić information content (AvgIpc) is 3.29. The monoisotopic (exact) mass is 989 g/mol. The summed E-state index contributed by atoms with van der Waals surface area (Å²) in [5.74, 6) is -4.47. The molecule has 0 aromatic heterocycles. The standard InChI is InChI=1S/C53H80N8O10/c1-32(2)40(56-49(67)44(52(7,8)9)58-50(68)45(60(12)13)53(10,11)38-18-15-14-16-19-38)30-34(5)46(64)59-71-31-36-22-24-39(25-23-36)55-47(65)35(6)54-48(66)43(33(3)4)57-41(62)20-17-21-42(63)61-28-26-37(27-29-61)51(69)70/h14-16,18-19,22-25,30,32-33,35,37,40,43-45H,17,20-21,26-29,31H2,1-13H3,(H,54,66)(H,55,65)(H,56,67)(H,57,62)(H,58,68)(H,59,64)(H,69,70)/b34-30+/t35-,40+,43-,44?,45+/m0/s1. The van der Waals surface area contributed by atoms with E-state index < -0.39 is 76.6 Å². The minimum Gasteiger partial charge on any atom is -0.481 e. The number of nitrogens with one attached hydrogen (secondary N) is 6. The van der Waals surface area contributed by atoms with Crippen molar-refractivity contribution >= 4 is 53.0 Å². The van der Waals surface area contributed by atoms with E-state index in [0.29, 0.717) is 42.8 Å². The van der Waals surface area contributed by atoms with E-state index in [1.807, 2.05) is 97.8 Å². The predicted molar refractivity (Wildman–Crippen MR) is 272 cm³/mol. The molecule has 5 atom stereocenters. The second kappa shape index (κ2) is 26.9. The number of hydroxylamine groups is 1. The Labute approximate surface area is 420 Å². The van der Waals surface area contributed by atoms with Gasteiger partial charge in [-0.25, -0.2) is 5.48 Å². The number of carboxylic acids is 1. The van der Waals surface area contributed by atoms with Gasteiger partial charge in [-0.3, -0.25) is 48.1 Å². The zero-order valence-corrected chi connectivity index (χ0v) is 44.1. The van der Waals surface area contributed by atoms with Crippen LogP contribution < -0.4 is 32.1 Å². The zero-order chi connectivity index (χ0) is 53.4. The summed E-state index contributed by atoms with van der Waals surface area (Å²) in [6.45, 7) is 20.9. The number of rotatable bonds is 24. The highest BCUT2D eigenvalue weighted by Crippen LogP contribution is 2.31. The molecule has 1 saturated heterocycles. The summed E-state index contributed by atoms with van der Waals surface area (Å²) in [6, 6.07) is 12.6. The molecule has 2 aromatic rings. The smallest absolute Gasteiger partial charge is 0.306 e. The first-order valence-electron chi connectivity index (χ1n) is 24.6. The number of amides is 7. The summed E-state index contributed by atoms with van der Waals surface area (Å²) in [4.78, 5) is 113. The number of hydrogen-bond acceptors (Lipinski definition) is 10. The number of likely N-dealkylation sites (tertiary alicyclic amines) is 1. The van der Waals surface area contributed by atoms with Crippen molar-refractivity contribution < 1.29 is 48.3 Å². The summed E-state index contributed by atoms with van der Waals surface area (Å²) in [5, 5.41) is 23.4. The fourth-order valence-electron chi connectivity index (χ4n) is 8.41. The van der Waals surface area contributed by atoms with Crippen molar-refractivity contribution in [2.24, 2.45) is 23.2 Å². The van der Waals surface area contributed by atoms with Gasteiger partial charge in [0, 0.05) is 42.6 Å². The van der Waals surface area contributed by atoms with E-state index >= 15 is 0 Å². The van der Waals surface area contributed by atoms with Crippen molar-refractivity contribution in [1.29, 1.82) is 0 Å². The molecule has 3 rings (SSSR count). The molecule has 7 amide bonds. The van der Waals surface area contributed by atoms with Crippen molar-refractivity contribution in [2.45, 2.75) is 150 Å². The van der Waals surface area contributed by atoms with Crippen molar-refractivity contribution in [3.63, 3.8) is 0 Å². The quantitative estimate of drug-likeness (QED) is 0.0555. The lowest BCUT2D eigenvalue weighted by atomic mass is 9.76. The summed E-state index contributed by atoms with van der Waals surface area (Å²) in [6.07, 6.45) is 2.88. The molecule has 1 aliphatic heterocycles. The van der Waals surface area contributed by atoms with Crippen molar-refractivity contribution in [3.05, 3.63) is 77.4 Å². The van der Waals surface area contributed by atoms with Gasteiger partial charge in [0.05, 0.1) is 24.6 Å². The van der Waals surface area contributed by atoms with E-state index in [9.17, 15) is 43.5 Å². The van der Waals surface area contributed by atoms with Crippen LogP contribution in [-0.2, 0) is 55.2 Å². The second-order valence-corrected chi connectivity index (χ2v) is 21.2. The molecule has 0 aliphatic carbocycles. The van der Waals surface area contributed by atoms with Gasteiger partial charge in [-0.15, -0.1) is 0 Å². The van der Waals surface area contributed by atoms with Gasteiger partial charge < -0.3 is 36.6 Å². The van der Waals surface area contributed by atoms with Crippen LogP contribution in [0.2, 0.25) is 0 Å². The number of hydrogen-bond donors (Lipinski definition) is 7. The normalized spacial score (nSPS) is 15.8. The molecule has 71 heavy (non-hydrogen) atoms. The highest BCUT2D eigenvalue weighted by Gasteiger charge is 2.42. The van der Waals surface area contributed by atoms with Crippen LogP contribution in [0.5, 0.6) is 0 Å². The molecule has 0 bridgehead atoms. The maximum atomic E-state index is 14.0. The second-order valence-electron chi connectivity index (χ2n) is 21.2. The molecule has 18 heteroatoms. The van der Waals surface area contributed by atoms with Crippen LogP contribution in [0, 0.1) is 23.2 Å². The lowest BCUT2D eigenvalue weighted by Gasteiger charge is -2.40. The van der Waals surface area contributed by atoms with Crippen molar-refractivity contribution in [3.8, 4) is 0 Å². The third-order valence-electron chi connectivity index (χ3n) is 12.8. The number of likely N-dealkylation sites (N-methyl/N-ethyl adjacent to an activating group) is 1. The third kappa shape index (κ3) is 18.2. The Balaban J connectivity index is 1.49. The van der Waals surface area contributed by atoms with Crippen molar-refractivity contribution in [2.75, 3.05) is 32.5 Å². The number of carbonyl (C=O) groups excluding carboxylic acids is 7. The summed E-state index contributed by atoms with van der Waals surface area (Å²) >= 11 is 0. The van der Waals surface area contributed by atoms with Crippen LogP contribution in [0.15, 0.2) is 66.2 Å². The molecule has 18 nitrogen and oxygen atoms in total. The average molecular weight is 989 g/mol. The van der Waals surface area contributed by atoms with E-state index in [4.69, 9.17) is 4.84 Å². The molecule has 392 valence electrons. The van der Waals surface area contributed by atoms with Crippen LogP contribution >= 0.6 is 0 Å².